The largest absolute Gasteiger partial charge is 0.292 e. The Labute approximate surface area is 91.0 Å². The lowest BCUT2D eigenvalue weighted by atomic mass is 10.4. The number of nitrogens with one attached hydrogen (secondary N) is 2. The highest BCUT2D eigenvalue weighted by molar-refractivity contribution is 8.00. The third kappa shape index (κ3) is 2.02. The van der Waals surface area contributed by atoms with Gasteiger partial charge in [-0.15, -0.1) is 11.8 Å². The van der Waals surface area contributed by atoms with Crippen molar-refractivity contribution in [1.82, 2.24) is 20.2 Å². The van der Waals surface area contributed by atoms with Crippen LogP contribution >= 0.6 is 11.8 Å². The molecule has 7 heteroatoms. The molecule has 15 heavy (non-hydrogen) atoms. The summed E-state index contributed by atoms with van der Waals surface area (Å²) in [6, 6.07) is 0. The minimum atomic E-state index is 0.398. The Morgan fingerprint density at radius 1 is 1.47 bits per heavy atom. The second kappa shape index (κ2) is 4.03. The molecule has 0 unspecified atom stereocenters. The summed E-state index contributed by atoms with van der Waals surface area (Å²) >= 11 is 1.66. The molecule has 0 atom stereocenters. The minimum Gasteiger partial charge on any atom is -0.292 e. The van der Waals surface area contributed by atoms with E-state index in [1.54, 1.807) is 18.0 Å². The Bertz CT molecular complexity index is 465. The van der Waals surface area contributed by atoms with Crippen molar-refractivity contribution in [1.29, 1.82) is 0 Å². The van der Waals surface area contributed by atoms with Gasteiger partial charge in [-0.05, 0) is 0 Å². The van der Waals surface area contributed by atoms with Crippen LogP contribution in [0.2, 0.25) is 0 Å². The van der Waals surface area contributed by atoms with Crippen LogP contribution in [0.3, 0.4) is 0 Å². The van der Waals surface area contributed by atoms with E-state index in [0.29, 0.717) is 16.8 Å². The fourth-order valence-electron chi connectivity index (χ4n) is 1.19. The smallest absolute Gasteiger partial charge is 0.240 e. The van der Waals surface area contributed by atoms with Crippen molar-refractivity contribution in [3.05, 3.63) is 6.20 Å². The van der Waals surface area contributed by atoms with E-state index in [1.165, 1.54) is 0 Å². The minimum absolute atomic E-state index is 0.398. The first-order valence-corrected chi connectivity index (χ1v) is 5.43. The lowest BCUT2D eigenvalue weighted by Gasteiger charge is -2.06. The van der Waals surface area contributed by atoms with Gasteiger partial charge in [0.15, 0.2) is 5.65 Å². The third-order valence-corrected chi connectivity index (χ3v) is 2.76. The SMILES string of the molecule is CC(C)Sc1nc(NN)nc2[nH]ncc12. The molecule has 0 saturated carbocycles. The number of nitrogens with zero attached hydrogens (tertiary/aromatic N) is 3. The number of anilines is 1. The highest BCUT2D eigenvalue weighted by Gasteiger charge is 2.10. The highest BCUT2D eigenvalue weighted by atomic mass is 32.2. The van der Waals surface area contributed by atoms with Gasteiger partial charge < -0.3 is 0 Å². The van der Waals surface area contributed by atoms with E-state index >= 15 is 0 Å². The van der Waals surface area contributed by atoms with E-state index in [-0.39, 0.29) is 0 Å². The number of aromatic amines is 1. The summed E-state index contributed by atoms with van der Waals surface area (Å²) in [6.07, 6.45) is 1.72. The molecule has 2 aromatic heterocycles. The number of aromatic nitrogens is 4. The fourth-order valence-corrected chi connectivity index (χ4v) is 2.05. The number of H-pyrrole nitrogens is 1. The van der Waals surface area contributed by atoms with Gasteiger partial charge in [-0.2, -0.15) is 10.1 Å². The van der Waals surface area contributed by atoms with Crippen LogP contribution < -0.4 is 11.3 Å². The molecular formula is C8H12N6S. The first-order chi connectivity index (χ1) is 7.20. The first kappa shape index (κ1) is 10.2. The Hall–Kier alpha value is -1.34. The second-order valence-electron chi connectivity index (χ2n) is 3.30. The third-order valence-electron chi connectivity index (χ3n) is 1.75. The predicted octanol–water partition coefficient (Wildman–Crippen LogP) is 1.14. The number of thioether (sulfide) groups is 1. The van der Waals surface area contributed by atoms with Crippen LogP contribution in [0.25, 0.3) is 11.0 Å². The van der Waals surface area contributed by atoms with Crippen molar-refractivity contribution in [3.8, 4) is 0 Å². The van der Waals surface area contributed by atoms with Gasteiger partial charge >= 0.3 is 0 Å². The molecule has 80 valence electrons. The van der Waals surface area contributed by atoms with Crippen molar-refractivity contribution in [2.24, 2.45) is 5.84 Å². The van der Waals surface area contributed by atoms with Gasteiger partial charge in [0.05, 0.1) is 11.6 Å². The molecule has 4 N–H and O–H groups in total. The maximum atomic E-state index is 5.29. The van der Waals surface area contributed by atoms with Crippen molar-refractivity contribution >= 4 is 28.7 Å². The highest BCUT2D eigenvalue weighted by Crippen LogP contribution is 2.27. The number of nitrogens with two attached hydrogens (primary N) is 1. The second-order valence-corrected chi connectivity index (χ2v) is 4.86. The van der Waals surface area contributed by atoms with E-state index in [9.17, 15) is 0 Å². The lowest BCUT2D eigenvalue weighted by Crippen LogP contribution is -2.11. The van der Waals surface area contributed by atoms with E-state index < -0.39 is 0 Å². The van der Waals surface area contributed by atoms with Crippen LogP contribution in [0, 0.1) is 0 Å². The van der Waals surface area contributed by atoms with Gasteiger partial charge in [-0.3, -0.25) is 10.5 Å². The van der Waals surface area contributed by atoms with Crippen LogP contribution in [0.5, 0.6) is 0 Å². The summed E-state index contributed by atoms with van der Waals surface area (Å²) in [5.74, 6) is 5.69. The quantitative estimate of drug-likeness (QED) is 0.313. The number of hydrazine groups is 1. The number of fused-ring (bicyclic) bond motifs is 1. The normalized spacial score (nSPS) is 11.2. The van der Waals surface area contributed by atoms with E-state index in [1.807, 2.05) is 0 Å². The molecule has 0 bridgehead atoms. The molecule has 6 nitrogen and oxygen atoms in total. The standard InChI is InChI=1S/C8H12N6S/c1-4(2)15-7-5-3-10-14-6(5)11-8(12-7)13-9/h3-4H,9H2,1-2H3,(H2,10,11,12,13,14). The maximum Gasteiger partial charge on any atom is 0.240 e. The molecule has 2 heterocycles. The van der Waals surface area contributed by atoms with E-state index in [2.05, 4.69) is 39.4 Å². The topological polar surface area (TPSA) is 92.5 Å². The van der Waals surface area contributed by atoms with Gasteiger partial charge in [0.2, 0.25) is 5.95 Å². The van der Waals surface area contributed by atoms with Gasteiger partial charge in [-0.25, -0.2) is 10.8 Å². The molecule has 2 aromatic rings. The number of hydrogen-bond acceptors (Lipinski definition) is 6. The summed E-state index contributed by atoms with van der Waals surface area (Å²) < 4.78 is 0. The zero-order valence-corrected chi connectivity index (χ0v) is 9.30. The van der Waals surface area contributed by atoms with Crippen molar-refractivity contribution in [3.63, 3.8) is 0 Å². The molecule has 0 radical (unpaired) electrons. The molecule has 0 aliphatic rings. The van der Waals surface area contributed by atoms with Gasteiger partial charge in [-0.1, -0.05) is 13.8 Å². The zero-order chi connectivity index (χ0) is 10.8. The number of hydrogen-bond donors (Lipinski definition) is 3. The molecule has 0 aliphatic heterocycles. The van der Waals surface area contributed by atoms with E-state index in [4.69, 9.17) is 5.84 Å². The molecule has 0 amide bonds. The van der Waals surface area contributed by atoms with Crippen molar-refractivity contribution < 1.29 is 0 Å². The summed E-state index contributed by atoms with van der Waals surface area (Å²) in [5, 5.41) is 8.99. The molecule has 0 aromatic carbocycles. The monoisotopic (exact) mass is 224 g/mol. The number of nitrogen functional groups attached to an aromatic ring is 1. The predicted molar refractivity (Wildman–Crippen MR) is 60.5 cm³/mol. The van der Waals surface area contributed by atoms with Crippen LogP contribution in [0.1, 0.15) is 13.8 Å². The Balaban J connectivity index is 2.53. The Morgan fingerprint density at radius 3 is 2.93 bits per heavy atom. The molecule has 0 fully saturated rings. The summed E-state index contributed by atoms with van der Waals surface area (Å²) in [5.41, 5.74) is 3.13. The zero-order valence-electron chi connectivity index (χ0n) is 8.48. The van der Waals surface area contributed by atoms with Crippen LogP contribution in [0.15, 0.2) is 11.2 Å². The van der Waals surface area contributed by atoms with Gasteiger partial charge in [0, 0.05) is 5.25 Å². The van der Waals surface area contributed by atoms with Crippen LogP contribution in [0.4, 0.5) is 5.95 Å². The maximum absolute atomic E-state index is 5.29. The van der Waals surface area contributed by atoms with Crippen LogP contribution in [-0.2, 0) is 0 Å². The molecular weight excluding hydrogens is 212 g/mol. The van der Waals surface area contributed by atoms with E-state index in [0.717, 1.165) is 10.4 Å². The summed E-state index contributed by atoms with van der Waals surface area (Å²) in [6.45, 7) is 4.21. The molecule has 0 aliphatic carbocycles. The van der Waals surface area contributed by atoms with Crippen molar-refractivity contribution in [2.75, 3.05) is 5.43 Å². The first-order valence-electron chi connectivity index (χ1n) is 4.55. The van der Waals surface area contributed by atoms with Gasteiger partial charge in [0.1, 0.15) is 5.03 Å². The molecule has 0 spiro atoms. The Kier molecular flexibility index (Phi) is 2.74. The van der Waals surface area contributed by atoms with Gasteiger partial charge in [0.25, 0.3) is 0 Å². The fraction of sp³-hybridized carbons (Fsp3) is 0.375. The van der Waals surface area contributed by atoms with Crippen molar-refractivity contribution in [2.45, 2.75) is 24.1 Å². The average Bonchev–Trinajstić information content (AvgIpc) is 2.64. The average molecular weight is 224 g/mol. The summed E-state index contributed by atoms with van der Waals surface area (Å²) in [4.78, 5) is 8.43. The molecule has 0 saturated heterocycles. The number of rotatable bonds is 3. The van der Waals surface area contributed by atoms with Crippen LogP contribution in [-0.4, -0.2) is 25.4 Å². The summed E-state index contributed by atoms with van der Waals surface area (Å²) in [7, 11) is 0. The lowest BCUT2D eigenvalue weighted by molar-refractivity contribution is 1.04. The Morgan fingerprint density at radius 2 is 2.27 bits per heavy atom. The molecule has 2 rings (SSSR count).